The van der Waals surface area contributed by atoms with E-state index in [0.717, 1.165) is 16.6 Å². The second-order valence-corrected chi connectivity index (χ2v) is 3.23. The van der Waals surface area contributed by atoms with Crippen LogP contribution in [0.5, 0.6) is 0 Å². The molecule has 2 aromatic heterocycles. The Labute approximate surface area is 92.3 Å². The Morgan fingerprint density at radius 3 is 2.56 bits per heavy atom. The number of fused-ring (bicyclic) bond motifs is 1. The molecule has 84 valence electrons. The first-order valence-electron chi connectivity index (χ1n) is 4.55. The second-order valence-electron chi connectivity index (χ2n) is 3.23. The van der Waals surface area contributed by atoms with E-state index in [0.29, 0.717) is 5.71 Å². The van der Waals surface area contributed by atoms with Crippen LogP contribution < -0.4 is 5.73 Å². The Balaban J connectivity index is 0.000000606. The van der Waals surface area contributed by atoms with Gasteiger partial charge in [-0.05, 0) is 26.0 Å². The van der Waals surface area contributed by atoms with Gasteiger partial charge >= 0.3 is 0 Å². The minimum absolute atomic E-state index is 0.193. The fraction of sp³-hybridized carbons (Fsp3) is 0.182. The number of furan rings is 1. The highest BCUT2D eigenvalue weighted by atomic mass is 16.4. The van der Waals surface area contributed by atoms with Gasteiger partial charge in [0, 0.05) is 16.6 Å². The standard InChI is InChI=1S/C10H10N2O2.CH2O/c1-5-3-4-7-6(2)8(9(11)13)14-10(7)12-5;1-2/h3-4H,1-2H3,(H2,11,13);1H2. The summed E-state index contributed by atoms with van der Waals surface area (Å²) in [5.41, 5.74) is 7.22. The van der Waals surface area contributed by atoms with Gasteiger partial charge < -0.3 is 14.9 Å². The summed E-state index contributed by atoms with van der Waals surface area (Å²) in [5.74, 6) is -0.365. The number of amides is 1. The second kappa shape index (κ2) is 4.57. The van der Waals surface area contributed by atoms with Crippen LogP contribution in [0.15, 0.2) is 16.5 Å². The summed E-state index contributed by atoms with van der Waals surface area (Å²) < 4.78 is 5.26. The molecule has 0 saturated carbocycles. The van der Waals surface area contributed by atoms with Gasteiger partial charge in [-0.25, -0.2) is 4.98 Å². The summed E-state index contributed by atoms with van der Waals surface area (Å²) in [4.78, 5) is 23.1. The van der Waals surface area contributed by atoms with Crippen molar-refractivity contribution < 1.29 is 14.0 Å². The predicted octanol–water partition coefficient (Wildman–Crippen LogP) is 1.36. The van der Waals surface area contributed by atoms with Crippen molar-refractivity contribution in [1.82, 2.24) is 4.98 Å². The number of pyridine rings is 1. The fourth-order valence-corrected chi connectivity index (χ4v) is 1.43. The predicted molar refractivity (Wildman–Crippen MR) is 59.1 cm³/mol. The lowest BCUT2D eigenvalue weighted by Crippen LogP contribution is -2.10. The average molecular weight is 220 g/mol. The number of carbonyl (C=O) groups excluding carboxylic acids is 2. The van der Waals surface area contributed by atoms with Crippen LogP contribution in [-0.4, -0.2) is 17.7 Å². The van der Waals surface area contributed by atoms with E-state index in [1.54, 1.807) is 6.92 Å². The van der Waals surface area contributed by atoms with Crippen molar-refractivity contribution >= 4 is 23.8 Å². The normalized spacial score (nSPS) is 9.62. The molecule has 0 aromatic carbocycles. The lowest BCUT2D eigenvalue weighted by Gasteiger charge is -1.90. The highest BCUT2D eigenvalue weighted by molar-refractivity contribution is 5.97. The molecule has 1 amide bonds. The summed E-state index contributed by atoms with van der Waals surface area (Å²) in [6.45, 7) is 5.66. The average Bonchev–Trinajstić information content (AvgIpc) is 2.58. The molecule has 5 heteroatoms. The fourth-order valence-electron chi connectivity index (χ4n) is 1.43. The zero-order valence-corrected chi connectivity index (χ0v) is 9.11. The molecule has 0 radical (unpaired) electrons. The number of rotatable bonds is 1. The SMILES string of the molecule is C=O.Cc1ccc2c(C)c(C(N)=O)oc2n1. The lowest BCUT2D eigenvalue weighted by atomic mass is 10.2. The van der Waals surface area contributed by atoms with Crippen molar-refractivity contribution in [2.24, 2.45) is 5.73 Å². The number of nitrogens with two attached hydrogens (primary N) is 1. The Bertz CT molecular complexity index is 531. The monoisotopic (exact) mass is 220 g/mol. The highest BCUT2D eigenvalue weighted by Crippen LogP contribution is 2.23. The van der Waals surface area contributed by atoms with Crippen molar-refractivity contribution in [3.05, 3.63) is 29.2 Å². The Morgan fingerprint density at radius 1 is 1.38 bits per heavy atom. The van der Waals surface area contributed by atoms with E-state index in [9.17, 15) is 4.79 Å². The molecule has 2 rings (SSSR count). The molecule has 0 unspecified atom stereocenters. The van der Waals surface area contributed by atoms with E-state index in [4.69, 9.17) is 14.9 Å². The summed E-state index contributed by atoms with van der Waals surface area (Å²) in [7, 11) is 0. The van der Waals surface area contributed by atoms with Crippen LogP contribution in [0.1, 0.15) is 21.8 Å². The number of aromatic nitrogens is 1. The van der Waals surface area contributed by atoms with Crippen molar-refractivity contribution in [3.8, 4) is 0 Å². The quantitative estimate of drug-likeness (QED) is 0.786. The zero-order chi connectivity index (χ0) is 12.3. The van der Waals surface area contributed by atoms with Crippen LogP contribution >= 0.6 is 0 Å². The van der Waals surface area contributed by atoms with E-state index < -0.39 is 5.91 Å². The van der Waals surface area contributed by atoms with E-state index in [1.807, 2.05) is 25.8 Å². The Morgan fingerprint density at radius 2 is 2.00 bits per heavy atom. The van der Waals surface area contributed by atoms with E-state index >= 15 is 0 Å². The summed E-state index contributed by atoms with van der Waals surface area (Å²) in [5, 5.41) is 0.837. The third-order valence-electron chi connectivity index (χ3n) is 2.17. The molecular weight excluding hydrogens is 208 g/mol. The van der Waals surface area contributed by atoms with Gasteiger partial charge in [-0.2, -0.15) is 0 Å². The minimum Gasteiger partial charge on any atom is -0.432 e. The number of hydrogen-bond donors (Lipinski definition) is 1. The third-order valence-corrected chi connectivity index (χ3v) is 2.17. The number of nitrogens with zero attached hydrogens (tertiary/aromatic N) is 1. The molecule has 0 saturated heterocycles. The number of hydrogen-bond acceptors (Lipinski definition) is 4. The highest BCUT2D eigenvalue weighted by Gasteiger charge is 2.15. The van der Waals surface area contributed by atoms with Gasteiger partial charge in [0.25, 0.3) is 5.91 Å². The van der Waals surface area contributed by atoms with Crippen molar-refractivity contribution in [2.45, 2.75) is 13.8 Å². The van der Waals surface area contributed by atoms with Crippen LogP contribution in [0.4, 0.5) is 0 Å². The van der Waals surface area contributed by atoms with Crippen LogP contribution in [0.25, 0.3) is 11.1 Å². The lowest BCUT2D eigenvalue weighted by molar-refractivity contribution is -0.0979. The van der Waals surface area contributed by atoms with Gasteiger partial charge in [0.15, 0.2) is 5.76 Å². The van der Waals surface area contributed by atoms with Crippen molar-refractivity contribution in [1.29, 1.82) is 0 Å². The first-order valence-corrected chi connectivity index (χ1v) is 4.55. The van der Waals surface area contributed by atoms with Crippen molar-refractivity contribution in [3.63, 3.8) is 0 Å². The molecular formula is C11H12N2O3. The van der Waals surface area contributed by atoms with Gasteiger partial charge in [0.1, 0.15) is 6.79 Å². The summed E-state index contributed by atoms with van der Waals surface area (Å²) in [6.07, 6.45) is 0. The van der Waals surface area contributed by atoms with Crippen LogP contribution in [0, 0.1) is 13.8 Å². The molecule has 2 heterocycles. The molecule has 0 aliphatic heterocycles. The molecule has 2 N–H and O–H groups in total. The maximum Gasteiger partial charge on any atom is 0.284 e. The maximum atomic E-state index is 11.0. The molecule has 0 bridgehead atoms. The summed E-state index contributed by atoms with van der Waals surface area (Å²) in [6, 6.07) is 3.75. The first kappa shape index (κ1) is 11.9. The largest absolute Gasteiger partial charge is 0.432 e. The van der Waals surface area contributed by atoms with Crippen molar-refractivity contribution in [2.75, 3.05) is 0 Å². The van der Waals surface area contributed by atoms with Gasteiger partial charge in [-0.15, -0.1) is 0 Å². The molecule has 0 aliphatic rings. The third kappa shape index (κ3) is 1.93. The number of carbonyl (C=O) groups is 2. The smallest absolute Gasteiger partial charge is 0.284 e. The Hall–Kier alpha value is -2.17. The number of aryl methyl sites for hydroxylation is 2. The minimum atomic E-state index is -0.557. The molecule has 2 aromatic rings. The van der Waals surface area contributed by atoms with E-state index in [-0.39, 0.29) is 5.76 Å². The van der Waals surface area contributed by atoms with Gasteiger partial charge in [-0.3, -0.25) is 4.79 Å². The summed E-state index contributed by atoms with van der Waals surface area (Å²) >= 11 is 0. The van der Waals surface area contributed by atoms with Gasteiger partial charge in [0.2, 0.25) is 5.71 Å². The Kier molecular flexibility index (Phi) is 3.40. The van der Waals surface area contributed by atoms with Gasteiger partial charge in [-0.1, -0.05) is 0 Å². The van der Waals surface area contributed by atoms with Gasteiger partial charge in [0.05, 0.1) is 0 Å². The molecule has 16 heavy (non-hydrogen) atoms. The molecule has 0 fully saturated rings. The molecule has 0 atom stereocenters. The number of primary amides is 1. The van der Waals surface area contributed by atoms with Crippen LogP contribution in [0.2, 0.25) is 0 Å². The van der Waals surface area contributed by atoms with E-state index in [1.165, 1.54) is 0 Å². The van der Waals surface area contributed by atoms with Crippen LogP contribution in [-0.2, 0) is 4.79 Å². The zero-order valence-electron chi connectivity index (χ0n) is 9.11. The first-order chi connectivity index (χ1) is 7.59. The molecule has 5 nitrogen and oxygen atoms in total. The van der Waals surface area contributed by atoms with E-state index in [2.05, 4.69) is 4.98 Å². The molecule has 0 spiro atoms. The molecule has 0 aliphatic carbocycles. The topological polar surface area (TPSA) is 86.2 Å². The van der Waals surface area contributed by atoms with Crippen LogP contribution in [0.3, 0.4) is 0 Å². The maximum absolute atomic E-state index is 11.0.